The molecule has 0 aliphatic carbocycles. The van der Waals surface area contributed by atoms with Crippen LogP contribution in [0.3, 0.4) is 0 Å². The van der Waals surface area contributed by atoms with Crippen molar-refractivity contribution in [2.75, 3.05) is 12.9 Å². The highest BCUT2D eigenvalue weighted by atomic mass is 32.2. The number of ketones is 1. The van der Waals surface area contributed by atoms with Gasteiger partial charge in [0, 0.05) is 17.8 Å². The molecule has 1 aliphatic heterocycles. The number of rotatable bonds is 6. The van der Waals surface area contributed by atoms with Crippen molar-refractivity contribution in [1.29, 1.82) is 0 Å². The van der Waals surface area contributed by atoms with E-state index in [1.807, 2.05) is 18.4 Å². The van der Waals surface area contributed by atoms with Gasteiger partial charge < -0.3 is 9.30 Å². The fraction of sp³-hybridized carbons (Fsp3) is 0.400. The number of fused-ring (bicyclic) bond motifs is 1. The van der Waals surface area contributed by atoms with Crippen molar-refractivity contribution in [3.63, 3.8) is 0 Å². The zero-order valence-electron chi connectivity index (χ0n) is 15.6. The van der Waals surface area contributed by atoms with Crippen molar-refractivity contribution in [1.82, 2.24) is 4.57 Å². The maximum absolute atomic E-state index is 13.0. The van der Waals surface area contributed by atoms with E-state index in [1.165, 1.54) is 19.2 Å². The SMILES string of the molecule is COC(=O)C1CCn2c(C(=O)c3cccc(S(=O)(=O)CC(C)C)c3)ccc21. The highest BCUT2D eigenvalue weighted by Crippen LogP contribution is 2.32. The molecule has 0 bridgehead atoms. The van der Waals surface area contributed by atoms with Gasteiger partial charge in [-0.2, -0.15) is 0 Å². The molecule has 0 spiro atoms. The molecular formula is C20H23NO5S. The average molecular weight is 389 g/mol. The zero-order chi connectivity index (χ0) is 19.8. The molecule has 0 fully saturated rings. The summed E-state index contributed by atoms with van der Waals surface area (Å²) in [6.07, 6.45) is 0.589. The molecular weight excluding hydrogens is 366 g/mol. The topological polar surface area (TPSA) is 82.4 Å². The number of esters is 1. The Morgan fingerprint density at radius 1 is 1.22 bits per heavy atom. The van der Waals surface area contributed by atoms with Crippen LogP contribution in [-0.2, 0) is 25.9 Å². The molecule has 2 heterocycles. The van der Waals surface area contributed by atoms with Gasteiger partial charge in [-0.25, -0.2) is 8.42 Å². The Kier molecular flexibility index (Phi) is 5.24. The number of hydrogen-bond acceptors (Lipinski definition) is 5. The lowest BCUT2D eigenvalue weighted by atomic mass is 10.1. The number of carbonyl (C=O) groups is 2. The van der Waals surface area contributed by atoms with Crippen molar-refractivity contribution >= 4 is 21.6 Å². The van der Waals surface area contributed by atoms with Crippen LogP contribution in [0.1, 0.15) is 47.9 Å². The van der Waals surface area contributed by atoms with E-state index in [4.69, 9.17) is 4.74 Å². The van der Waals surface area contributed by atoms with Crippen molar-refractivity contribution in [3.05, 3.63) is 53.3 Å². The van der Waals surface area contributed by atoms with Gasteiger partial charge in [0.25, 0.3) is 0 Å². The van der Waals surface area contributed by atoms with Crippen LogP contribution in [0.2, 0.25) is 0 Å². The van der Waals surface area contributed by atoms with Gasteiger partial charge >= 0.3 is 5.97 Å². The first-order chi connectivity index (χ1) is 12.7. The van der Waals surface area contributed by atoms with E-state index in [0.29, 0.717) is 24.2 Å². The van der Waals surface area contributed by atoms with Gasteiger partial charge in [0.05, 0.1) is 29.4 Å². The standard InChI is InChI=1S/C20H23NO5S/c1-13(2)12-27(24,25)15-6-4-5-14(11-15)19(22)18-8-7-17-16(20(23)26-3)9-10-21(17)18/h4-8,11,13,16H,9-10,12H2,1-3H3. The summed E-state index contributed by atoms with van der Waals surface area (Å²) in [5.41, 5.74) is 1.53. The van der Waals surface area contributed by atoms with Crippen LogP contribution >= 0.6 is 0 Å². The molecule has 1 aliphatic rings. The van der Waals surface area contributed by atoms with Gasteiger partial charge in [-0.1, -0.05) is 26.0 Å². The minimum absolute atomic E-state index is 0.00138. The van der Waals surface area contributed by atoms with E-state index in [9.17, 15) is 18.0 Å². The van der Waals surface area contributed by atoms with Gasteiger partial charge in [-0.05, 0) is 36.6 Å². The molecule has 1 atom stereocenters. The first-order valence-electron chi connectivity index (χ1n) is 8.89. The van der Waals surface area contributed by atoms with Crippen LogP contribution in [-0.4, -0.2) is 37.6 Å². The molecule has 6 nitrogen and oxygen atoms in total. The molecule has 0 N–H and O–H groups in total. The van der Waals surface area contributed by atoms with Crippen molar-refractivity contribution < 1.29 is 22.7 Å². The number of sulfone groups is 1. The second-order valence-corrected chi connectivity index (χ2v) is 9.23. The van der Waals surface area contributed by atoms with Gasteiger partial charge in [0.1, 0.15) is 0 Å². The molecule has 0 radical (unpaired) electrons. The molecule has 1 aromatic heterocycles. The lowest BCUT2D eigenvalue weighted by Gasteiger charge is -2.09. The minimum Gasteiger partial charge on any atom is -0.469 e. The zero-order valence-corrected chi connectivity index (χ0v) is 16.5. The summed E-state index contributed by atoms with van der Waals surface area (Å²) in [5, 5.41) is 0. The molecule has 1 unspecified atom stereocenters. The summed E-state index contributed by atoms with van der Waals surface area (Å²) in [6.45, 7) is 4.23. The Bertz CT molecular complexity index is 988. The third-order valence-corrected chi connectivity index (χ3v) is 6.82. The number of nitrogens with zero attached hydrogens (tertiary/aromatic N) is 1. The number of hydrogen-bond donors (Lipinski definition) is 0. The van der Waals surface area contributed by atoms with Crippen LogP contribution in [0.5, 0.6) is 0 Å². The first kappa shape index (κ1) is 19.4. The fourth-order valence-electron chi connectivity index (χ4n) is 3.54. The predicted molar refractivity (Wildman–Crippen MR) is 101 cm³/mol. The minimum atomic E-state index is -3.44. The fourth-order valence-corrected chi connectivity index (χ4v) is 5.20. The van der Waals surface area contributed by atoms with Gasteiger partial charge in [0.15, 0.2) is 9.84 Å². The van der Waals surface area contributed by atoms with Crippen molar-refractivity contribution in [3.8, 4) is 0 Å². The summed E-state index contributed by atoms with van der Waals surface area (Å²) >= 11 is 0. The Morgan fingerprint density at radius 2 is 1.96 bits per heavy atom. The van der Waals surface area contributed by atoms with Crippen LogP contribution in [0.15, 0.2) is 41.3 Å². The second kappa shape index (κ2) is 7.31. The second-order valence-electron chi connectivity index (χ2n) is 7.19. The monoisotopic (exact) mass is 389 g/mol. The molecule has 2 aromatic rings. The number of carbonyl (C=O) groups excluding carboxylic acids is 2. The largest absolute Gasteiger partial charge is 0.469 e. The number of aromatic nitrogens is 1. The Morgan fingerprint density at radius 3 is 2.63 bits per heavy atom. The number of benzene rings is 1. The Hall–Kier alpha value is -2.41. The van der Waals surface area contributed by atoms with E-state index in [0.717, 1.165) is 5.69 Å². The van der Waals surface area contributed by atoms with E-state index in [-0.39, 0.29) is 34.2 Å². The van der Waals surface area contributed by atoms with E-state index < -0.39 is 9.84 Å². The van der Waals surface area contributed by atoms with E-state index in [1.54, 1.807) is 24.3 Å². The Labute approximate surface area is 159 Å². The van der Waals surface area contributed by atoms with Crippen LogP contribution in [0, 0.1) is 5.92 Å². The van der Waals surface area contributed by atoms with E-state index >= 15 is 0 Å². The summed E-state index contributed by atoms with van der Waals surface area (Å²) in [5.74, 6) is -0.903. The van der Waals surface area contributed by atoms with Crippen LogP contribution < -0.4 is 0 Å². The Balaban J connectivity index is 1.93. The summed E-state index contributed by atoms with van der Waals surface area (Å²) in [4.78, 5) is 25.0. The average Bonchev–Trinajstić information content (AvgIpc) is 3.21. The molecule has 0 saturated carbocycles. The molecule has 0 amide bonds. The molecule has 1 aromatic carbocycles. The van der Waals surface area contributed by atoms with Crippen molar-refractivity contribution in [2.45, 2.75) is 37.6 Å². The summed E-state index contributed by atoms with van der Waals surface area (Å²) in [6, 6.07) is 9.61. The summed E-state index contributed by atoms with van der Waals surface area (Å²) in [7, 11) is -2.09. The third-order valence-electron chi connectivity index (χ3n) is 4.74. The van der Waals surface area contributed by atoms with Gasteiger partial charge in [0.2, 0.25) is 5.78 Å². The van der Waals surface area contributed by atoms with Crippen molar-refractivity contribution in [2.24, 2.45) is 5.92 Å². The maximum Gasteiger partial charge on any atom is 0.314 e. The smallest absolute Gasteiger partial charge is 0.314 e. The lowest BCUT2D eigenvalue weighted by molar-refractivity contribution is -0.142. The first-order valence-corrected chi connectivity index (χ1v) is 10.5. The molecule has 144 valence electrons. The van der Waals surface area contributed by atoms with Crippen LogP contribution in [0.4, 0.5) is 0 Å². The van der Waals surface area contributed by atoms with E-state index in [2.05, 4.69) is 0 Å². The lowest BCUT2D eigenvalue weighted by Crippen LogP contribution is -2.14. The normalized spacial score (nSPS) is 16.4. The number of ether oxygens (including phenoxy) is 1. The highest BCUT2D eigenvalue weighted by molar-refractivity contribution is 7.91. The van der Waals surface area contributed by atoms with Gasteiger partial charge in [-0.3, -0.25) is 9.59 Å². The maximum atomic E-state index is 13.0. The van der Waals surface area contributed by atoms with Crippen LogP contribution in [0.25, 0.3) is 0 Å². The predicted octanol–water partition coefficient (Wildman–Crippen LogP) is 2.81. The molecule has 0 saturated heterocycles. The highest BCUT2D eigenvalue weighted by Gasteiger charge is 2.32. The molecule has 7 heteroatoms. The quantitative estimate of drug-likeness (QED) is 0.560. The third kappa shape index (κ3) is 3.69. The molecule has 3 rings (SSSR count). The summed E-state index contributed by atoms with van der Waals surface area (Å²) < 4.78 is 31.6. The number of methoxy groups -OCH3 is 1. The molecule has 27 heavy (non-hydrogen) atoms. The van der Waals surface area contributed by atoms with Gasteiger partial charge in [-0.15, -0.1) is 0 Å².